The van der Waals surface area contributed by atoms with E-state index in [0.717, 1.165) is 32.5 Å². The first-order valence-electron chi connectivity index (χ1n) is 9.13. The highest BCUT2D eigenvalue weighted by molar-refractivity contribution is 6.45. The summed E-state index contributed by atoms with van der Waals surface area (Å²) >= 11 is 0. The summed E-state index contributed by atoms with van der Waals surface area (Å²) in [7, 11) is -0.548. The van der Waals surface area contributed by atoms with Crippen molar-refractivity contribution in [3.63, 3.8) is 0 Å². The number of unbranched alkanes of at least 4 members (excludes halogenated alkanes) is 6. The molecule has 0 aromatic carbocycles. The standard InChI is InChI=1S/C18H38O2Si/c1-5-9-12-15-18(21-8-4,19-16-13-10-6-2)20-17-14-11-7-3/h8H,4-7,9-17,21H2,1-3H3. The van der Waals surface area contributed by atoms with E-state index in [4.69, 9.17) is 9.47 Å². The first kappa shape index (κ1) is 20.9. The Morgan fingerprint density at radius 2 is 1.29 bits per heavy atom. The third kappa shape index (κ3) is 11.1. The molecule has 0 aliphatic carbocycles. The first-order valence-corrected chi connectivity index (χ1v) is 10.7. The van der Waals surface area contributed by atoms with Crippen LogP contribution in [0, 0.1) is 0 Å². The van der Waals surface area contributed by atoms with Crippen LogP contribution in [0.1, 0.15) is 85.0 Å². The molecule has 0 bridgehead atoms. The van der Waals surface area contributed by atoms with E-state index in [1.807, 2.05) is 0 Å². The highest BCUT2D eigenvalue weighted by atomic mass is 28.2. The van der Waals surface area contributed by atoms with Crippen molar-refractivity contribution in [2.45, 2.75) is 90.4 Å². The van der Waals surface area contributed by atoms with Gasteiger partial charge in [0.25, 0.3) is 0 Å². The largest absolute Gasteiger partial charge is 0.354 e. The second-order valence-corrected chi connectivity index (χ2v) is 8.03. The van der Waals surface area contributed by atoms with Gasteiger partial charge in [-0.2, -0.15) is 0 Å². The van der Waals surface area contributed by atoms with Gasteiger partial charge in [-0.25, -0.2) is 0 Å². The van der Waals surface area contributed by atoms with Gasteiger partial charge >= 0.3 is 0 Å². The molecule has 2 nitrogen and oxygen atoms in total. The maximum atomic E-state index is 6.27. The quantitative estimate of drug-likeness (QED) is 0.228. The van der Waals surface area contributed by atoms with E-state index in [9.17, 15) is 0 Å². The summed E-state index contributed by atoms with van der Waals surface area (Å²) in [4.78, 5) is 0. The van der Waals surface area contributed by atoms with Gasteiger partial charge in [0, 0.05) is 13.2 Å². The molecule has 0 fully saturated rings. The van der Waals surface area contributed by atoms with Crippen LogP contribution in [0.2, 0.25) is 0 Å². The van der Waals surface area contributed by atoms with Gasteiger partial charge in [0.1, 0.15) is 14.9 Å². The zero-order chi connectivity index (χ0) is 15.8. The van der Waals surface area contributed by atoms with Gasteiger partial charge in [-0.05, 0) is 25.7 Å². The van der Waals surface area contributed by atoms with E-state index in [0.29, 0.717) is 0 Å². The van der Waals surface area contributed by atoms with Crippen LogP contribution in [0.5, 0.6) is 0 Å². The molecule has 0 unspecified atom stereocenters. The Bertz CT molecular complexity index is 219. The zero-order valence-corrected chi connectivity index (χ0v) is 16.2. The van der Waals surface area contributed by atoms with Gasteiger partial charge < -0.3 is 9.47 Å². The first-order chi connectivity index (χ1) is 10.2. The van der Waals surface area contributed by atoms with E-state index >= 15 is 0 Å². The molecule has 0 spiro atoms. The second kappa shape index (κ2) is 14.8. The van der Waals surface area contributed by atoms with E-state index in [1.165, 1.54) is 44.9 Å². The Morgan fingerprint density at radius 3 is 1.71 bits per heavy atom. The molecular weight excluding hydrogens is 276 g/mol. The molecule has 0 saturated carbocycles. The summed E-state index contributed by atoms with van der Waals surface area (Å²) < 4.78 is 12.5. The van der Waals surface area contributed by atoms with Crippen molar-refractivity contribution >= 4 is 9.52 Å². The van der Waals surface area contributed by atoms with E-state index in [2.05, 4.69) is 33.0 Å². The van der Waals surface area contributed by atoms with Crippen molar-refractivity contribution in [3.05, 3.63) is 12.3 Å². The third-order valence-corrected chi connectivity index (χ3v) is 5.52. The molecule has 0 aromatic rings. The zero-order valence-electron chi connectivity index (χ0n) is 14.8. The Kier molecular flexibility index (Phi) is 14.7. The molecule has 0 saturated heterocycles. The lowest BCUT2D eigenvalue weighted by Crippen LogP contribution is -2.42. The summed E-state index contributed by atoms with van der Waals surface area (Å²) in [6.45, 7) is 12.4. The minimum Gasteiger partial charge on any atom is -0.354 e. The van der Waals surface area contributed by atoms with E-state index in [-0.39, 0.29) is 5.41 Å². The molecule has 0 heterocycles. The van der Waals surface area contributed by atoms with Crippen LogP contribution in [0.25, 0.3) is 0 Å². The highest BCUT2D eigenvalue weighted by Gasteiger charge is 2.30. The van der Waals surface area contributed by atoms with Crippen LogP contribution < -0.4 is 0 Å². The second-order valence-electron chi connectivity index (χ2n) is 5.97. The number of rotatable bonds is 16. The van der Waals surface area contributed by atoms with Crippen LogP contribution in [-0.4, -0.2) is 28.1 Å². The van der Waals surface area contributed by atoms with Gasteiger partial charge in [0.15, 0.2) is 0 Å². The molecule has 3 heteroatoms. The number of ether oxygens (including phenoxy) is 2. The van der Waals surface area contributed by atoms with Gasteiger partial charge in [0.2, 0.25) is 0 Å². The summed E-state index contributed by atoms with van der Waals surface area (Å²) in [5, 5.41) is 0. The van der Waals surface area contributed by atoms with Gasteiger partial charge in [-0.1, -0.05) is 59.3 Å². The maximum Gasteiger partial charge on any atom is 0.149 e. The molecule has 0 aliphatic heterocycles. The minimum absolute atomic E-state index is 0.279. The SMILES string of the molecule is C=C[SiH2]C(CCCCC)(OCCCCC)OCCCCC. The van der Waals surface area contributed by atoms with Crippen LogP contribution in [-0.2, 0) is 9.47 Å². The third-order valence-electron chi connectivity index (χ3n) is 3.84. The molecule has 21 heavy (non-hydrogen) atoms. The van der Waals surface area contributed by atoms with Gasteiger partial charge in [-0.15, -0.1) is 12.3 Å². The average molecular weight is 315 g/mol. The molecule has 0 aliphatic rings. The lowest BCUT2D eigenvalue weighted by atomic mass is 10.2. The van der Waals surface area contributed by atoms with Crippen LogP contribution in [0.4, 0.5) is 0 Å². The molecule has 0 atom stereocenters. The van der Waals surface area contributed by atoms with Crippen LogP contribution >= 0.6 is 0 Å². The Balaban J connectivity index is 4.41. The summed E-state index contributed by atoms with van der Waals surface area (Å²) in [5.41, 5.74) is 1.81. The minimum atomic E-state index is -0.548. The fourth-order valence-corrected chi connectivity index (χ4v) is 3.91. The van der Waals surface area contributed by atoms with Crippen LogP contribution in [0.3, 0.4) is 0 Å². The summed E-state index contributed by atoms with van der Waals surface area (Å²) in [6.07, 6.45) is 12.0. The number of hydrogen-bond donors (Lipinski definition) is 0. The summed E-state index contributed by atoms with van der Waals surface area (Å²) in [6, 6.07) is 0. The average Bonchev–Trinajstić information content (AvgIpc) is 2.49. The molecule has 0 amide bonds. The molecule has 126 valence electrons. The molecule has 0 aromatic heterocycles. The van der Waals surface area contributed by atoms with E-state index < -0.39 is 9.52 Å². The molecule has 0 rings (SSSR count). The Hall–Kier alpha value is -0.123. The predicted molar refractivity (Wildman–Crippen MR) is 96.6 cm³/mol. The normalized spacial score (nSPS) is 12.3. The Morgan fingerprint density at radius 1 is 0.810 bits per heavy atom. The molecule has 0 radical (unpaired) electrons. The van der Waals surface area contributed by atoms with Crippen molar-refractivity contribution in [1.82, 2.24) is 0 Å². The molecular formula is C18H38O2Si. The fraction of sp³-hybridized carbons (Fsp3) is 0.889. The summed E-state index contributed by atoms with van der Waals surface area (Å²) in [5.74, 6) is 0. The van der Waals surface area contributed by atoms with Crippen LogP contribution in [0.15, 0.2) is 12.3 Å². The topological polar surface area (TPSA) is 18.5 Å². The van der Waals surface area contributed by atoms with Gasteiger partial charge in [0.05, 0.1) is 0 Å². The van der Waals surface area contributed by atoms with Gasteiger partial charge in [-0.3, -0.25) is 0 Å². The Labute approximate surface area is 135 Å². The fourth-order valence-electron chi connectivity index (χ4n) is 2.49. The van der Waals surface area contributed by atoms with Crippen molar-refractivity contribution in [1.29, 1.82) is 0 Å². The van der Waals surface area contributed by atoms with Crippen molar-refractivity contribution in [2.24, 2.45) is 0 Å². The van der Waals surface area contributed by atoms with Crippen molar-refractivity contribution < 1.29 is 9.47 Å². The highest BCUT2D eigenvalue weighted by Crippen LogP contribution is 2.22. The lowest BCUT2D eigenvalue weighted by Gasteiger charge is -2.33. The smallest absolute Gasteiger partial charge is 0.149 e. The number of hydrogen-bond acceptors (Lipinski definition) is 2. The van der Waals surface area contributed by atoms with E-state index in [1.54, 1.807) is 0 Å². The molecule has 0 N–H and O–H groups in total. The lowest BCUT2D eigenvalue weighted by molar-refractivity contribution is -0.186. The monoisotopic (exact) mass is 314 g/mol. The van der Waals surface area contributed by atoms with Crippen molar-refractivity contribution in [3.8, 4) is 0 Å². The predicted octanol–water partition coefficient (Wildman–Crippen LogP) is 4.95. The van der Waals surface area contributed by atoms with Crippen molar-refractivity contribution in [2.75, 3.05) is 13.2 Å². The maximum absolute atomic E-state index is 6.27.